The van der Waals surface area contributed by atoms with Crippen molar-refractivity contribution in [3.63, 3.8) is 0 Å². The summed E-state index contributed by atoms with van der Waals surface area (Å²) in [5.74, 6) is 0.274. The standard InChI is InChI=1S/C17H12BrIN2O2/c1-23-16-14(18)8-11(9-15(16)19)7-12(10-20)17(22)21-13-5-3-2-4-6-13/h2-9H,1H3,(H,21,22)/b12-7-. The van der Waals surface area contributed by atoms with E-state index in [1.807, 2.05) is 30.3 Å². The second-order valence-corrected chi connectivity index (χ2v) is 6.52. The summed E-state index contributed by atoms with van der Waals surface area (Å²) in [5.41, 5.74) is 1.41. The summed E-state index contributed by atoms with van der Waals surface area (Å²) in [7, 11) is 1.59. The third-order valence-corrected chi connectivity index (χ3v) is 4.32. The lowest BCUT2D eigenvalue weighted by atomic mass is 10.1. The zero-order valence-corrected chi connectivity index (χ0v) is 15.9. The quantitative estimate of drug-likeness (QED) is 0.393. The second-order valence-electron chi connectivity index (χ2n) is 4.51. The van der Waals surface area contributed by atoms with Gasteiger partial charge in [-0.25, -0.2) is 0 Å². The molecule has 0 radical (unpaired) electrons. The molecule has 4 nitrogen and oxygen atoms in total. The Labute approximate surface area is 156 Å². The molecule has 0 saturated carbocycles. The molecule has 116 valence electrons. The van der Waals surface area contributed by atoms with Gasteiger partial charge >= 0.3 is 0 Å². The lowest BCUT2D eigenvalue weighted by Crippen LogP contribution is -2.13. The maximum atomic E-state index is 12.2. The van der Waals surface area contributed by atoms with Crippen LogP contribution in [0, 0.1) is 14.9 Å². The Bertz CT molecular complexity index is 775. The summed E-state index contributed by atoms with van der Waals surface area (Å²) in [5, 5.41) is 12.0. The Morgan fingerprint density at radius 2 is 2.04 bits per heavy atom. The van der Waals surface area contributed by atoms with Crippen LogP contribution in [0.5, 0.6) is 5.75 Å². The van der Waals surface area contributed by atoms with Crippen LogP contribution < -0.4 is 10.1 Å². The van der Waals surface area contributed by atoms with E-state index in [-0.39, 0.29) is 5.57 Å². The minimum absolute atomic E-state index is 0.0294. The van der Waals surface area contributed by atoms with E-state index in [9.17, 15) is 10.1 Å². The molecule has 0 unspecified atom stereocenters. The fourth-order valence-electron chi connectivity index (χ4n) is 1.89. The molecule has 0 aliphatic heterocycles. The minimum Gasteiger partial charge on any atom is -0.494 e. The smallest absolute Gasteiger partial charge is 0.266 e. The van der Waals surface area contributed by atoms with E-state index in [4.69, 9.17) is 4.74 Å². The van der Waals surface area contributed by atoms with Crippen LogP contribution >= 0.6 is 38.5 Å². The maximum absolute atomic E-state index is 12.2. The van der Waals surface area contributed by atoms with Crippen molar-refractivity contribution in [2.75, 3.05) is 12.4 Å². The van der Waals surface area contributed by atoms with Crippen LogP contribution in [0.3, 0.4) is 0 Å². The number of rotatable bonds is 4. The number of para-hydroxylation sites is 1. The molecular weight excluding hydrogens is 471 g/mol. The molecule has 0 saturated heterocycles. The van der Waals surface area contributed by atoms with Crippen LogP contribution in [-0.2, 0) is 4.79 Å². The van der Waals surface area contributed by atoms with E-state index in [2.05, 4.69) is 43.8 Å². The van der Waals surface area contributed by atoms with Crippen molar-refractivity contribution in [1.82, 2.24) is 0 Å². The fourth-order valence-corrected chi connectivity index (χ4v) is 3.77. The minimum atomic E-state index is -0.444. The molecule has 0 spiro atoms. The van der Waals surface area contributed by atoms with E-state index in [1.165, 1.54) is 0 Å². The molecule has 1 amide bonds. The Morgan fingerprint density at radius 3 is 2.61 bits per heavy atom. The van der Waals surface area contributed by atoms with Gasteiger partial charge in [-0.05, 0) is 74.4 Å². The third-order valence-electron chi connectivity index (χ3n) is 2.93. The fraction of sp³-hybridized carbons (Fsp3) is 0.0588. The molecule has 6 heteroatoms. The first-order chi connectivity index (χ1) is 11.0. The number of halogens is 2. The van der Waals surface area contributed by atoms with E-state index in [0.29, 0.717) is 5.69 Å². The number of nitrogens with one attached hydrogen (secondary N) is 1. The van der Waals surface area contributed by atoms with Crippen molar-refractivity contribution >= 4 is 56.2 Å². The summed E-state index contributed by atoms with van der Waals surface area (Å²) in [4.78, 5) is 12.2. The van der Waals surface area contributed by atoms with Gasteiger partial charge in [0.1, 0.15) is 17.4 Å². The number of nitriles is 1. The average molecular weight is 483 g/mol. The number of hydrogen-bond acceptors (Lipinski definition) is 3. The van der Waals surface area contributed by atoms with Gasteiger partial charge in [0.05, 0.1) is 15.2 Å². The van der Waals surface area contributed by atoms with E-state index < -0.39 is 5.91 Å². The highest BCUT2D eigenvalue weighted by Gasteiger charge is 2.11. The molecule has 0 aromatic heterocycles. The van der Waals surface area contributed by atoms with E-state index in [1.54, 1.807) is 31.4 Å². The Kier molecular flexibility index (Phi) is 6.19. The molecule has 0 aliphatic carbocycles. The number of nitrogens with zero attached hydrogens (tertiary/aromatic N) is 1. The summed E-state index contributed by atoms with van der Waals surface area (Å²) in [6.45, 7) is 0. The van der Waals surface area contributed by atoms with Crippen LogP contribution in [0.1, 0.15) is 5.56 Å². The first-order valence-electron chi connectivity index (χ1n) is 6.56. The van der Waals surface area contributed by atoms with Gasteiger partial charge in [-0.1, -0.05) is 18.2 Å². The molecule has 2 rings (SSSR count). The first kappa shape index (κ1) is 17.5. The number of methoxy groups -OCH3 is 1. The Morgan fingerprint density at radius 1 is 1.35 bits per heavy atom. The summed E-state index contributed by atoms with van der Waals surface area (Å²) in [6, 6.07) is 14.6. The third kappa shape index (κ3) is 4.56. The second kappa shape index (κ2) is 8.13. The van der Waals surface area contributed by atoms with Gasteiger partial charge in [-0.3, -0.25) is 4.79 Å². The first-order valence-corrected chi connectivity index (χ1v) is 8.43. The predicted octanol–water partition coefficient (Wildman–Crippen LogP) is 4.61. The highest BCUT2D eigenvalue weighted by Crippen LogP contribution is 2.32. The summed E-state index contributed by atoms with van der Waals surface area (Å²) < 4.78 is 6.91. The molecule has 0 aliphatic rings. The predicted molar refractivity (Wildman–Crippen MR) is 102 cm³/mol. The number of carbonyl (C=O) groups excluding carboxylic acids is 1. The molecule has 2 aromatic carbocycles. The maximum Gasteiger partial charge on any atom is 0.266 e. The van der Waals surface area contributed by atoms with Crippen LogP contribution in [0.15, 0.2) is 52.5 Å². The highest BCUT2D eigenvalue weighted by atomic mass is 127. The van der Waals surface area contributed by atoms with Gasteiger partial charge in [0.2, 0.25) is 0 Å². The molecule has 0 heterocycles. The number of ether oxygens (including phenoxy) is 1. The van der Waals surface area contributed by atoms with Crippen molar-refractivity contribution in [1.29, 1.82) is 5.26 Å². The highest BCUT2D eigenvalue weighted by molar-refractivity contribution is 14.1. The Hall–Kier alpha value is -1.85. The molecule has 2 aromatic rings. The monoisotopic (exact) mass is 482 g/mol. The summed E-state index contributed by atoms with van der Waals surface area (Å²) in [6.07, 6.45) is 1.55. The van der Waals surface area contributed by atoms with Crippen LogP contribution in [0.4, 0.5) is 5.69 Å². The number of anilines is 1. The molecule has 23 heavy (non-hydrogen) atoms. The van der Waals surface area contributed by atoms with Gasteiger partial charge < -0.3 is 10.1 Å². The zero-order chi connectivity index (χ0) is 16.8. The lowest BCUT2D eigenvalue weighted by molar-refractivity contribution is -0.112. The van der Waals surface area contributed by atoms with Gasteiger partial charge in [0, 0.05) is 5.69 Å². The average Bonchev–Trinajstić information content (AvgIpc) is 2.53. The molecular formula is C17H12BrIN2O2. The van der Waals surface area contributed by atoms with Crippen LogP contribution in [0.2, 0.25) is 0 Å². The molecule has 0 fully saturated rings. The lowest BCUT2D eigenvalue weighted by Gasteiger charge is -2.08. The van der Waals surface area contributed by atoms with Crippen LogP contribution in [-0.4, -0.2) is 13.0 Å². The van der Waals surface area contributed by atoms with Crippen molar-refractivity contribution < 1.29 is 9.53 Å². The van der Waals surface area contributed by atoms with Crippen molar-refractivity contribution in [2.24, 2.45) is 0 Å². The van der Waals surface area contributed by atoms with Crippen molar-refractivity contribution in [3.05, 3.63) is 61.6 Å². The van der Waals surface area contributed by atoms with Gasteiger partial charge in [0.25, 0.3) is 5.91 Å². The van der Waals surface area contributed by atoms with E-state index >= 15 is 0 Å². The van der Waals surface area contributed by atoms with Gasteiger partial charge in [-0.2, -0.15) is 5.26 Å². The number of benzene rings is 2. The molecule has 1 N–H and O–H groups in total. The zero-order valence-electron chi connectivity index (χ0n) is 12.1. The topological polar surface area (TPSA) is 62.1 Å². The Balaban J connectivity index is 2.29. The van der Waals surface area contributed by atoms with E-state index in [0.717, 1.165) is 19.4 Å². The summed E-state index contributed by atoms with van der Waals surface area (Å²) >= 11 is 5.56. The molecule has 0 bridgehead atoms. The largest absolute Gasteiger partial charge is 0.494 e. The van der Waals surface area contributed by atoms with Gasteiger partial charge in [-0.15, -0.1) is 0 Å². The van der Waals surface area contributed by atoms with Crippen molar-refractivity contribution in [3.8, 4) is 11.8 Å². The van der Waals surface area contributed by atoms with Crippen LogP contribution in [0.25, 0.3) is 6.08 Å². The SMILES string of the molecule is COc1c(Br)cc(/C=C(/C#N)C(=O)Nc2ccccc2)cc1I. The number of hydrogen-bond donors (Lipinski definition) is 1. The normalized spacial score (nSPS) is 10.8. The van der Waals surface area contributed by atoms with Crippen molar-refractivity contribution in [2.45, 2.75) is 0 Å². The van der Waals surface area contributed by atoms with Gasteiger partial charge in [0.15, 0.2) is 0 Å². The number of carbonyl (C=O) groups is 1. The number of amides is 1. The molecule has 0 atom stereocenters.